The first-order valence-corrected chi connectivity index (χ1v) is 6.80. The number of nitrogen functional groups attached to an aromatic ring is 1. The molecule has 0 aliphatic carbocycles. The maximum absolute atomic E-state index is 11.1. The van der Waals surface area contributed by atoms with Gasteiger partial charge >= 0.3 is 5.97 Å². The highest BCUT2D eigenvalue weighted by molar-refractivity contribution is 7.99. The topological polar surface area (TPSA) is 63.3 Å². The summed E-state index contributed by atoms with van der Waals surface area (Å²) in [5, 5.41) is 10.0. The molecule has 0 bridgehead atoms. The van der Waals surface area contributed by atoms with Crippen LogP contribution in [0.15, 0.2) is 46.2 Å². The number of rotatable bonds is 3. The number of halogens is 2. The number of aromatic carboxylic acids is 1. The molecule has 0 radical (unpaired) electrons. The Morgan fingerprint density at radius 1 is 1.11 bits per heavy atom. The number of carboxylic acids is 1. The molecule has 2 aromatic carbocycles. The van der Waals surface area contributed by atoms with Crippen LogP contribution >= 0.6 is 35.0 Å². The lowest BCUT2D eigenvalue weighted by atomic mass is 10.2. The normalized spacial score (nSPS) is 10.4. The fourth-order valence-electron chi connectivity index (χ4n) is 1.47. The maximum Gasteiger partial charge on any atom is 0.336 e. The van der Waals surface area contributed by atoms with Crippen molar-refractivity contribution < 1.29 is 9.90 Å². The van der Waals surface area contributed by atoms with Gasteiger partial charge in [-0.05, 0) is 36.4 Å². The highest BCUT2D eigenvalue weighted by atomic mass is 35.5. The molecule has 0 fully saturated rings. The van der Waals surface area contributed by atoms with Crippen LogP contribution in [0.5, 0.6) is 0 Å². The van der Waals surface area contributed by atoms with E-state index in [2.05, 4.69) is 0 Å². The maximum atomic E-state index is 11.1. The van der Waals surface area contributed by atoms with Gasteiger partial charge in [-0.15, -0.1) is 0 Å². The third-order valence-electron chi connectivity index (χ3n) is 2.35. The molecule has 2 aromatic rings. The zero-order chi connectivity index (χ0) is 14.0. The molecule has 3 nitrogen and oxygen atoms in total. The van der Waals surface area contributed by atoms with Crippen LogP contribution in [0.2, 0.25) is 10.0 Å². The Balaban J connectivity index is 2.39. The van der Waals surface area contributed by atoms with Gasteiger partial charge in [0.2, 0.25) is 0 Å². The van der Waals surface area contributed by atoms with Crippen molar-refractivity contribution in [1.29, 1.82) is 0 Å². The minimum absolute atomic E-state index is 0.199. The second kappa shape index (κ2) is 5.74. The van der Waals surface area contributed by atoms with Crippen molar-refractivity contribution in [3.05, 3.63) is 52.0 Å². The summed E-state index contributed by atoms with van der Waals surface area (Å²) < 4.78 is 0. The predicted octanol–water partition coefficient (Wildman–Crippen LogP) is 4.43. The van der Waals surface area contributed by atoms with E-state index in [1.54, 1.807) is 30.3 Å². The lowest BCUT2D eigenvalue weighted by molar-refractivity contribution is 0.0693. The molecule has 6 heteroatoms. The van der Waals surface area contributed by atoms with Gasteiger partial charge in [0.05, 0.1) is 15.6 Å². The average Bonchev–Trinajstić information content (AvgIpc) is 2.33. The van der Waals surface area contributed by atoms with Crippen molar-refractivity contribution in [2.75, 3.05) is 5.73 Å². The Morgan fingerprint density at radius 2 is 1.84 bits per heavy atom. The van der Waals surface area contributed by atoms with E-state index < -0.39 is 5.97 Å². The molecule has 0 saturated heterocycles. The summed E-state index contributed by atoms with van der Waals surface area (Å²) in [6, 6.07) is 9.78. The fraction of sp³-hybridized carbons (Fsp3) is 0. The van der Waals surface area contributed by atoms with Crippen molar-refractivity contribution in [2.24, 2.45) is 0 Å². The van der Waals surface area contributed by atoms with Crippen molar-refractivity contribution in [3.8, 4) is 0 Å². The third-order valence-corrected chi connectivity index (χ3v) is 4.14. The van der Waals surface area contributed by atoms with Gasteiger partial charge in [-0.25, -0.2) is 4.79 Å². The van der Waals surface area contributed by atoms with Crippen LogP contribution in [0.3, 0.4) is 0 Å². The van der Waals surface area contributed by atoms with Crippen molar-refractivity contribution in [3.63, 3.8) is 0 Å². The average molecular weight is 314 g/mol. The van der Waals surface area contributed by atoms with Crippen LogP contribution < -0.4 is 5.73 Å². The van der Waals surface area contributed by atoms with Crippen LogP contribution in [0, 0.1) is 0 Å². The Hall–Kier alpha value is -1.36. The van der Waals surface area contributed by atoms with E-state index in [9.17, 15) is 4.79 Å². The first kappa shape index (κ1) is 14.1. The lowest BCUT2D eigenvalue weighted by Gasteiger charge is -2.07. The van der Waals surface area contributed by atoms with Gasteiger partial charge in [0.15, 0.2) is 0 Å². The van der Waals surface area contributed by atoms with Gasteiger partial charge < -0.3 is 10.8 Å². The Kier molecular flexibility index (Phi) is 4.24. The highest BCUT2D eigenvalue weighted by Crippen LogP contribution is 2.35. The van der Waals surface area contributed by atoms with E-state index in [4.69, 9.17) is 34.0 Å². The Bertz CT molecular complexity index is 647. The second-order valence-corrected chi connectivity index (χ2v) is 5.67. The van der Waals surface area contributed by atoms with Gasteiger partial charge in [-0.2, -0.15) is 0 Å². The van der Waals surface area contributed by atoms with Gasteiger partial charge in [-0.1, -0.05) is 35.0 Å². The number of carboxylic acid groups (broad SMARTS) is 1. The largest absolute Gasteiger partial charge is 0.478 e. The number of benzene rings is 2. The zero-order valence-corrected chi connectivity index (χ0v) is 11.9. The molecule has 0 aliphatic rings. The fourth-order valence-corrected chi connectivity index (χ4v) is 2.86. The number of carbonyl (C=O) groups is 1. The van der Waals surface area contributed by atoms with Crippen LogP contribution in [0.25, 0.3) is 0 Å². The first-order valence-electron chi connectivity index (χ1n) is 5.23. The molecular formula is C13H9Cl2NO2S. The van der Waals surface area contributed by atoms with Gasteiger partial charge in [0.25, 0.3) is 0 Å². The van der Waals surface area contributed by atoms with E-state index in [0.29, 0.717) is 20.6 Å². The lowest BCUT2D eigenvalue weighted by Crippen LogP contribution is -1.99. The monoisotopic (exact) mass is 313 g/mol. The molecule has 0 amide bonds. The van der Waals surface area contributed by atoms with E-state index in [1.165, 1.54) is 17.8 Å². The Morgan fingerprint density at radius 3 is 2.47 bits per heavy atom. The summed E-state index contributed by atoms with van der Waals surface area (Å²) in [5.41, 5.74) is 6.39. The first-order chi connectivity index (χ1) is 8.97. The number of anilines is 1. The SMILES string of the molecule is Nc1ccc(C(=O)O)c(Sc2ccc(Cl)c(Cl)c2)c1. The summed E-state index contributed by atoms with van der Waals surface area (Å²) in [5.74, 6) is -0.998. The van der Waals surface area contributed by atoms with E-state index in [1.807, 2.05) is 0 Å². The van der Waals surface area contributed by atoms with E-state index >= 15 is 0 Å². The van der Waals surface area contributed by atoms with Gasteiger partial charge in [0, 0.05) is 15.5 Å². The smallest absolute Gasteiger partial charge is 0.336 e. The molecule has 19 heavy (non-hydrogen) atoms. The molecule has 0 spiro atoms. The number of nitrogens with two attached hydrogens (primary N) is 1. The summed E-state index contributed by atoms with van der Waals surface area (Å²) >= 11 is 13.0. The minimum atomic E-state index is -0.998. The third kappa shape index (κ3) is 3.35. The minimum Gasteiger partial charge on any atom is -0.478 e. The van der Waals surface area contributed by atoms with Crippen molar-refractivity contribution in [1.82, 2.24) is 0 Å². The molecular weight excluding hydrogens is 305 g/mol. The number of hydrogen-bond acceptors (Lipinski definition) is 3. The predicted molar refractivity (Wildman–Crippen MR) is 78.4 cm³/mol. The molecule has 98 valence electrons. The van der Waals surface area contributed by atoms with E-state index in [-0.39, 0.29) is 5.56 Å². The molecule has 0 aliphatic heterocycles. The van der Waals surface area contributed by atoms with E-state index in [0.717, 1.165) is 4.90 Å². The highest BCUT2D eigenvalue weighted by Gasteiger charge is 2.12. The van der Waals surface area contributed by atoms with Crippen molar-refractivity contribution in [2.45, 2.75) is 9.79 Å². The molecule has 0 atom stereocenters. The molecule has 0 saturated carbocycles. The molecule has 3 N–H and O–H groups in total. The molecule has 2 rings (SSSR count). The molecule has 0 heterocycles. The summed E-state index contributed by atoms with van der Waals surface area (Å²) in [4.78, 5) is 12.5. The quantitative estimate of drug-likeness (QED) is 0.823. The van der Waals surface area contributed by atoms with Gasteiger partial charge in [0.1, 0.15) is 0 Å². The van der Waals surface area contributed by atoms with Crippen LogP contribution in [-0.2, 0) is 0 Å². The zero-order valence-electron chi connectivity index (χ0n) is 9.56. The molecule has 0 aromatic heterocycles. The van der Waals surface area contributed by atoms with Crippen LogP contribution in [-0.4, -0.2) is 11.1 Å². The van der Waals surface area contributed by atoms with Crippen molar-refractivity contribution >= 4 is 46.6 Å². The standard InChI is InChI=1S/C13H9Cl2NO2S/c14-10-4-2-8(6-11(10)15)19-12-5-7(16)1-3-9(12)13(17)18/h1-6H,16H2,(H,17,18). The summed E-state index contributed by atoms with van der Waals surface area (Å²) in [7, 11) is 0. The summed E-state index contributed by atoms with van der Waals surface area (Å²) in [6.07, 6.45) is 0. The number of hydrogen-bond donors (Lipinski definition) is 2. The van der Waals surface area contributed by atoms with Crippen LogP contribution in [0.4, 0.5) is 5.69 Å². The second-order valence-electron chi connectivity index (χ2n) is 3.74. The van der Waals surface area contributed by atoms with Crippen LogP contribution in [0.1, 0.15) is 10.4 Å². The Labute approximate surface area is 124 Å². The van der Waals surface area contributed by atoms with Gasteiger partial charge in [-0.3, -0.25) is 0 Å². The molecule has 0 unspecified atom stereocenters. The summed E-state index contributed by atoms with van der Waals surface area (Å²) in [6.45, 7) is 0.